The van der Waals surface area contributed by atoms with Crippen LogP contribution in [-0.2, 0) is 14.3 Å². The van der Waals surface area contributed by atoms with Crippen molar-refractivity contribution in [3.8, 4) is 0 Å². The Labute approximate surface area is 102 Å². The number of carbonyl (C=O) groups excluding carboxylic acids is 1. The average molecular weight is 262 g/mol. The molecule has 1 aliphatic heterocycles. The van der Waals surface area contributed by atoms with E-state index in [0.29, 0.717) is 11.7 Å². The van der Waals surface area contributed by atoms with Crippen molar-refractivity contribution >= 4 is 33.5 Å². The molecule has 1 N–H and O–H groups in total. The summed E-state index contributed by atoms with van der Waals surface area (Å²) in [5, 5.41) is 9.15. The molecule has 6 heteroatoms. The van der Waals surface area contributed by atoms with Crippen LogP contribution in [0.2, 0.25) is 0 Å². The third-order valence-corrected chi connectivity index (χ3v) is 5.01. The highest BCUT2D eigenvalue weighted by molar-refractivity contribution is 8.77. The van der Waals surface area contributed by atoms with Gasteiger partial charge in [0.2, 0.25) is 0 Å². The lowest BCUT2D eigenvalue weighted by Gasteiger charge is -2.09. The number of carboxylic acids is 1. The van der Waals surface area contributed by atoms with Gasteiger partial charge in [-0.3, -0.25) is 4.79 Å². The summed E-state index contributed by atoms with van der Waals surface area (Å²) in [6.45, 7) is 1.27. The zero-order chi connectivity index (χ0) is 12.0. The van der Waals surface area contributed by atoms with Crippen LogP contribution in [0.25, 0.3) is 0 Å². The molecule has 90 valence electrons. The standard InChI is InChI=1S/C10H14O4S2/c1-7(11)14-8(6-10(12)13)2-3-9-4-5-15-16-9/h6,9H,2-5H2,1H3,(H,12,13)/b8-6-. The van der Waals surface area contributed by atoms with Gasteiger partial charge < -0.3 is 9.84 Å². The fourth-order valence-electron chi connectivity index (χ4n) is 1.34. The molecule has 0 aliphatic carbocycles. The maximum absolute atomic E-state index is 10.8. The maximum atomic E-state index is 10.8. The van der Waals surface area contributed by atoms with E-state index in [0.717, 1.165) is 24.7 Å². The van der Waals surface area contributed by atoms with Crippen LogP contribution < -0.4 is 0 Å². The van der Waals surface area contributed by atoms with Gasteiger partial charge in [-0.2, -0.15) is 0 Å². The zero-order valence-corrected chi connectivity index (χ0v) is 10.6. The largest absolute Gasteiger partial charge is 0.478 e. The van der Waals surface area contributed by atoms with Crippen LogP contribution in [0.3, 0.4) is 0 Å². The van der Waals surface area contributed by atoms with E-state index < -0.39 is 11.9 Å². The molecular formula is C10H14O4S2. The number of hydrogen-bond donors (Lipinski definition) is 1. The first-order valence-corrected chi connectivity index (χ1v) is 7.36. The molecule has 1 rings (SSSR count). The SMILES string of the molecule is CC(=O)O/C(=C\C(=O)O)CCC1CCSS1. The first kappa shape index (κ1) is 13.4. The van der Waals surface area contributed by atoms with Gasteiger partial charge in [-0.05, 0) is 12.8 Å². The van der Waals surface area contributed by atoms with Gasteiger partial charge in [0.15, 0.2) is 0 Å². The molecule has 1 heterocycles. The highest BCUT2D eigenvalue weighted by Gasteiger charge is 2.17. The molecule has 0 aromatic rings. The Morgan fingerprint density at radius 2 is 2.31 bits per heavy atom. The number of rotatable bonds is 5. The summed E-state index contributed by atoms with van der Waals surface area (Å²) in [6, 6.07) is 0. The molecule has 0 saturated carbocycles. The molecule has 1 saturated heterocycles. The van der Waals surface area contributed by atoms with Gasteiger partial charge in [-0.15, -0.1) is 0 Å². The maximum Gasteiger partial charge on any atom is 0.331 e. The molecule has 0 amide bonds. The van der Waals surface area contributed by atoms with Crippen molar-refractivity contribution in [2.75, 3.05) is 5.75 Å². The van der Waals surface area contributed by atoms with Crippen molar-refractivity contribution in [1.29, 1.82) is 0 Å². The Hall–Kier alpha value is -0.620. The van der Waals surface area contributed by atoms with E-state index in [1.807, 2.05) is 21.6 Å². The molecule has 1 unspecified atom stereocenters. The lowest BCUT2D eigenvalue weighted by atomic mass is 10.1. The quantitative estimate of drug-likeness (QED) is 0.355. The molecule has 0 spiro atoms. The fourth-order valence-corrected chi connectivity index (χ4v) is 4.32. The molecule has 4 nitrogen and oxygen atoms in total. The van der Waals surface area contributed by atoms with Crippen LogP contribution in [0.1, 0.15) is 26.2 Å². The predicted molar refractivity (Wildman–Crippen MR) is 65.2 cm³/mol. The second kappa shape index (κ2) is 6.85. The van der Waals surface area contributed by atoms with Gasteiger partial charge in [0.25, 0.3) is 0 Å². The summed E-state index contributed by atoms with van der Waals surface area (Å²) in [7, 11) is 3.66. The number of hydrogen-bond acceptors (Lipinski definition) is 5. The van der Waals surface area contributed by atoms with Crippen molar-refractivity contribution in [2.24, 2.45) is 0 Å². The van der Waals surface area contributed by atoms with E-state index in [9.17, 15) is 9.59 Å². The lowest BCUT2D eigenvalue weighted by molar-refractivity contribution is -0.137. The molecule has 0 bridgehead atoms. The molecule has 1 aliphatic rings. The van der Waals surface area contributed by atoms with Crippen molar-refractivity contribution in [1.82, 2.24) is 0 Å². The molecule has 0 aromatic carbocycles. The van der Waals surface area contributed by atoms with Gasteiger partial charge in [0.1, 0.15) is 5.76 Å². The minimum Gasteiger partial charge on any atom is -0.478 e. The van der Waals surface area contributed by atoms with Crippen LogP contribution >= 0.6 is 21.6 Å². The molecular weight excluding hydrogens is 248 g/mol. The van der Waals surface area contributed by atoms with E-state index in [-0.39, 0.29) is 5.76 Å². The third kappa shape index (κ3) is 5.46. The van der Waals surface area contributed by atoms with Gasteiger partial charge in [-0.1, -0.05) is 21.6 Å². The first-order valence-electron chi connectivity index (χ1n) is 4.98. The van der Waals surface area contributed by atoms with Crippen LogP contribution in [0.4, 0.5) is 0 Å². The van der Waals surface area contributed by atoms with Crippen molar-refractivity contribution < 1.29 is 19.4 Å². The number of esters is 1. The van der Waals surface area contributed by atoms with E-state index >= 15 is 0 Å². The minimum absolute atomic E-state index is 0.248. The zero-order valence-electron chi connectivity index (χ0n) is 8.97. The van der Waals surface area contributed by atoms with Gasteiger partial charge in [0, 0.05) is 24.3 Å². The van der Waals surface area contributed by atoms with E-state index in [4.69, 9.17) is 9.84 Å². The van der Waals surface area contributed by atoms with Gasteiger partial charge in [-0.25, -0.2) is 4.79 Å². The highest BCUT2D eigenvalue weighted by Crippen LogP contribution is 2.40. The van der Waals surface area contributed by atoms with Crippen molar-refractivity contribution in [3.63, 3.8) is 0 Å². The second-order valence-corrected chi connectivity index (χ2v) is 6.20. The Morgan fingerprint density at radius 3 is 2.81 bits per heavy atom. The van der Waals surface area contributed by atoms with Crippen molar-refractivity contribution in [3.05, 3.63) is 11.8 Å². The predicted octanol–water partition coefficient (Wildman–Crippen LogP) is 2.45. The van der Waals surface area contributed by atoms with Crippen LogP contribution in [0.5, 0.6) is 0 Å². The number of aliphatic carboxylic acids is 1. The molecule has 1 atom stereocenters. The lowest BCUT2D eigenvalue weighted by Crippen LogP contribution is -2.05. The van der Waals surface area contributed by atoms with E-state index in [1.54, 1.807) is 0 Å². The normalized spacial score (nSPS) is 20.8. The number of ether oxygens (including phenoxy) is 1. The summed E-state index contributed by atoms with van der Waals surface area (Å²) in [5.41, 5.74) is 0. The molecule has 16 heavy (non-hydrogen) atoms. The Bertz CT molecular complexity index is 295. The Morgan fingerprint density at radius 1 is 1.56 bits per heavy atom. The summed E-state index contributed by atoms with van der Waals surface area (Å²) < 4.78 is 4.85. The topological polar surface area (TPSA) is 63.6 Å². The van der Waals surface area contributed by atoms with Crippen LogP contribution in [-0.4, -0.2) is 28.0 Å². The van der Waals surface area contributed by atoms with Crippen LogP contribution in [0, 0.1) is 0 Å². The van der Waals surface area contributed by atoms with E-state index in [1.165, 1.54) is 6.92 Å². The summed E-state index contributed by atoms with van der Waals surface area (Å²) >= 11 is 0. The average Bonchev–Trinajstić information content (AvgIpc) is 2.64. The monoisotopic (exact) mass is 262 g/mol. The van der Waals surface area contributed by atoms with Gasteiger partial charge >= 0.3 is 11.9 Å². The van der Waals surface area contributed by atoms with Gasteiger partial charge in [0.05, 0.1) is 6.08 Å². The third-order valence-electron chi connectivity index (χ3n) is 2.00. The summed E-state index contributed by atoms with van der Waals surface area (Å²) in [4.78, 5) is 21.3. The first-order chi connectivity index (χ1) is 7.58. The summed E-state index contributed by atoms with van der Waals surface area (Å²) in [6.07, 6.45) is 3.46. The second-order valence-electron chi connectivity index (χ2n) is 3.41. The molecule has 0 aromatic heterocycles. The molecule has 0 radical (unpaired) electrons. The Balaban J connectivity index is 2.42. The molecule has 1 fully saturated rings. The number of carbonyl (C=O) groups is 2. The smallest absolute Gasteiger partial charge is 0.331 e. The fraction of sp³-hybridized carbons (Fsp3) is 0.600. The number of carboxylic acid groups (broad SMARTS) is 1. The van der Waals surface area contributed by atoms with Crippen molar-refractivity contribution in [2.45, 2.75) is 31.4 Å². The highest BCUT2D eigenvalue weighted by atomic mass is 33.1. The van der Waals surface area contributed by atoms with E-state index in [2.05, 4.69) is 0 Å². The Kier molecular flexibility index (Phi) is 5.76. The summed E-state index contributed by atoms with van der Waals surface area (Å²) in [5.74, 6) is -0.163. The minimum atomic E-state index is -1.08. The van der Waals surface area contributed by atoms with Crippen LogP contribution in [0.15, 0.2) is 11.8 Å². The number of allylic oxidation sites excluding steroid dienone is 1.